The van der Waals surface area contributed by atoms with Gasteiger partial charge in [0.15, 0.2) is 6.29 Å². The van der Waals surface area contributed by atoms with Gasteiger partial charge in [0.1, 0.15) is 0 Å². The lowest BCUT2D eigenvalue weighted by atomic mass is 10.4. The van der Waals surface area contributed by atoms with Crippen LogP contribution in [0.25, 0.3) is 9.40 Å². The molecule has 0 aliphatic carbocycles. The van der Waals surface area contributed by atoms with Crippen molar-refractivity contribution >= 4 is 50.0 Å². The Hall–Kier alpha value is -0.380. The van der Waals surface area contributed by atoms with Gasteiger partial charge in [-0.3, -0.25) is 4.79 Å². The number of aldehydes is 1. The van der Waals surface area contributed by atoms with Crippen LogP contribution in [0, 0.1) is 0 Å². The highest BCUT2D eigenvalue weighted by atomic mass is 35.5. The summed E-state index contributed by atoms with van der Waals surface area (Å²) in [6.45, 7) is 0. The average molecular weight is 203 g/mol. The Labute approximate surface area is 76.2 Å². The van der Waals surface area contributed by atoms with Crippen molar-refractivity contribution in [1.82, 2.24) is 0 Å². The van der Waals surface area contributed by atoms with Crippen LogP contribution in [0.15, 0.2) is 11.4 Å². The lowest BCUT2D eigenvalue weighted by Crippen LogP contribution is -1.68. The molecule has 0 bridgehead atoms. The van der Waals surface area contributed by atoms with Crippen molar-refractivity contribution in [2.75, 3.05) is 0 Å². The molecule has 2 rings (SSSR count). The van der Waals surface area contributed by atoms with Gasteiger partial charge in [-0.05, 0) is 11.4 Å². The van der Waals surface area contributed by atoms with E-state index in [0.717, 1.165) is 15.7 Å². The molecule has 0 aliphatic rings. The number of halogens is 1. The summed E-state index contributed by atoms with van der Waals surface area (Å²) in [6, 6.07) is 1.94. The largest absolute Gasteiger partial charge is 0.297 e. The highest BCUT2D eigenvalue weighted by molar-refractivity contribution is 7.38. The molecule has 56 valence electrons. The summed E-state index contributed by atoms with van der Waals surface area (Å²) in [5.41, 5.74) is 0. The van der Waals surface area contributed by atoms with Crippen LogP contribution in [0.3, 0.4) is 0 Å². The van der Waals surface area contributed by atoms with Gasteiger partial charge >= 0.3 is 0 Å². The number of hydrogen-bond acceptors (Lipinski definition) is 3. The molecule has 0 unspecified atom stereocenters. The van der Waals surface area contributed by atoms with Gasteiger partial charge in [0.2, 0.25) is 0 Å². The molecule has 0 N–H and O–H groups in total. The van der Waals surface area contributed by atoms with Gasteiger partial charge < -0.3 is 0 Å². The molecule has 2 aromatic heterocycles. The second-order valence-corrected chi connectivity index (χ2v) is 4.62. The number of carbonyl (C=O) groups is 1. The molecule has 0 saturated heterocycles. The first-order valence-corrected chi connectivity index (χ1v) is 5.01. The van der Waals surface area contributed by atoms with Crippen molar-refractivity contribution in [2.45, 2.75) is 0 Å². The molecule has 2 heterocycles. The van der Waals surface area contributed by atoms with Crippen molar-refractivity contribution in [1.29, 1.82) is 0 Å². The molecule has 0 aromatic carbocycles. The zero-order chi connectivity index (χ0) is 7.84. The van der Waals surface area contributed by atoms with E-state index in [9.17, 15) is 4.79 Å². The molecule has 0 fully saturated rings. The summed E-state index contributed by atoms with van der Waals surface area (Å²) >= 11 is 8.95. The fourth-order valence-electron chi connectivity index (χ4n) is 0.890. The standard InChI is InChI=1S/C7H3ClOS2/c8-6-4-1-2-10-7(4)11-5(6)3-9/h1-3H. The van der Waals surface area contributed by atoms with Crippen molar-refractivity contribution in [2.24, 2.45) is 0 Å². The first kappa shape index (κ1) is 7.28. The molecule has 1 nitrogen and oxygen atoms in total. The minimum Gasteiger partial charge on any atom is -0.297 e. The Morgan fingerprint density at radius 3 is 3.00 bits per heavy atom. The van der Waals surface area contributed by atoms with E-state index in [4.69, 9.17) is 11.6 Å². The topological polar surface area (TPSA) is 17.1 Å². The van der Waals surface area contributed by atoms with E-state index in [0.29, 0.717) is 9.90 Å². The van der Waals surface area contributed by atoms with E-state index in [1.165, 1.54) is 11.3 Å². The second kappa shape index (κ2) is 2.59. The van der Waals surface area contributed by atoms with E-state index in [1.807, 2.05) is 11.4 Å². The Balaban J connectivity index is 2.86. The third-order valence-electron chi connectivity index (χ3n) is 1.39. The van der Waals surface area contributed by atoms with E-state index in [2.05, 4.69) is 0 Å². The lowest BCUT2D eigenvalue weighted by Gasteiger charge is -1.80. The third-order valence-corrected chi connectivity index (χ3v) is 4.08. The van der Waals surface area contributed by atoms with Gasteiger partial charge in [-0.1, -0.05) is 11.6 Å². The third kappa shape index (κ3) is 1.00. The first-order chi connectivity index (χ1) is 5.33. The fraction of sp³-hybridized carbons (Fsp3) is 0. The Morgan fingerprint density at radius 2 is 2.36 bits per heavy atom. The predicted molar refractivity (Wildman–Crippen MR) is 50.1 cm³/mol. The van der Waals surface area contributed by atoms with E-state index < -0.39 is 0 Å². The van der Waals surface area contributed by atoms with Gasteiger partial charge in [-0.2, -0.15) is 0 Å². The van der Waals surface area contributed by atoms with Crippen molar-refractivity contribution in [3.63, 3.8) is 0 Å². The summed E-state index contributed by atoms with van der Waals surface area (Å²) < 4.78 is 1.12. The predicted octanol–water partition coefficient (Wildman–Crippen LogP) is 3.43. The van der Waals surface area contributed by atoms with Gasteiger partial charge in [-0.15, -0.1) is 22.7 Å². The molecule has 11 heavy (non-hydrogen) atoms. The molecule has 0 saturated carbocycles. The zero-order valence-corrected chi connectivity index (χ0v) is 7.72. The lowest BCUT2D eigenvalue weighted by molar-refractivity contribution is 0.112. The number of thiophene rings is 2. The molecule has 0 aliphatic heterocycles. The highest BCUT2D eigenvalue weighted by Crippen LogP contribution is 2.37. The van der Waals surface area contributed by atoms with Crippen molar-refractivity contribution < 1.29 is 4.79 Å². The zero-order valence-electron chi connectivity index (χ0n) is 5.33. The van der Waals surface area contributed by atoms with Gasteiger partial charge in [0, 0.05) is 5.39 Å². The Kier molecular flexibility index (Phi) is 1.71. The minimum atomic E-state index is 0.598. The monoisotopic (exact) mass is 202 g/mol. The number of rotatable bonds is 1. The fourth-order valence-corrected chi connectivity index (χ4v) is 3.30. The summed E-state index contributed by atoms with van der Waals surface area (Å²) in [6.07, 6.45) is 0.805. The minimum absolute atomic E-state index is 0.598. The van der Waals surface area contributed by atoms with Crippen LogP contribution in [0.1, 0.15) is 9.67 Å². The molecular weight excluding hydrogens is 200 g/mol. The highest BCUT2D eigenvalue weighted by Gasteiger charge is 2.09. The maximum absolute atomic E-state index is 10.4. The van der Waals surface area contributed by atoms with E-state index in [1.54, 1.807) is 11.3 Å². The quantitative estimate of drug-likeness (QED) is 0.648. The smallest absolute Gasteiger partial charge is 0.161 e. The number of hydrogen-bond donors (Lipinski definition) is 0. The molecule has 0 radical (unpaired) electrons. The van der Waals surface area contributed by atoms with Gasteiger partial charge in [0.25, 0.3) is 0 Å². The van der Waals surface area contributed by atoms with E-state index in [-0.39, 0.29) is 0 Å². The van der Waals surface area contributed by atoms with E-state index >= 15 is 0 Å². The SMILES string of the molecule is O=Cc1sc2sccc2c1Cl. The molecule has 0 amide bonds. The molecule has 0 atom stereocenters. The number of fused-ring (bicyclic) bond motifs is 1. The van der Waals surface area contributed by atoms with Gasteiger partial charge in [0.05, 0.1) is 13.9 Å². The summed E-state index contributed by atoms with van der Waals surface area (Å²) in [7, 11) is 0. The van der Waals surface area contributed by atoms with Crippen molar-refractivity contribution in [3.8, 4) is 0 Å². The molecule has 4 heteroatoms. The normalized spacial score (nSPS) is 10.6. The van der Waals surface area contributed by atoms with Crippen LogP contribution < -0.4 is 0 Å². The van der Waals surface area contributed by atoms with Crippen LogP contribution in [0.5, 0.6) is 0 Å². The van der Waals surface area contributed by atoms with Crippen LogP contribution in [0.2, 0.25) is 5.02 Å². The molecular formula is C7H3ClOS2. The van der Waals surface area contributed by atoms with Crippen LogP contribution >= 0.6 is 34.3 Å². The van der Waals surface area contributed by atoms with Gasteiger partial charge in [-0.25, -0.2) is 0 Å². The van der Waals surface area contributed by atoms with Crippen LogP contribution in [-0.2, 0) is 0 Å². The number of carbonyl (C=O) groups excluding carboxylic acids is 1. The van der Waals surface area contributed by atoms with Crippen LogP contribution in [-0.4, -0.2) is 6.29 Å². The second-order valence-electron chi connectivity index (χ2n) is 2.02. The summed E-state index contributed by atoms with van der Waals surface area (Å²) in [4.78, 5) is 11.1. The van der Waals surface area contributed by atoms with Crippen molar-refractivity contribution in [3.05, 3.63) is 21.3 Å². The maximum atomic E-state index is 10.4. The Bertz CT molecular complexity index is 401. The summed E-state index contributed by atoms with van der Waals surface area (Å²) in [5, 5.41) is 3.58. The maximum Gasteiger partial charge on any atom is 0.161 e. The summed E-state index contributed by atoms with van der Waals surface area (Å²) in [5.74, 6) is 0. The Morgan fingerprint density at radius 1 is 1.55 bits per heavy atom. The average Bonchev–Trinajstić information content (AvgIpc) is 2.53. The molecule has 2 aromatic rings. The molecule has 0 spiro atoms. The first-order valence-electron chi connectivity index (χ1n) is 2.93. The van der Waals surface area contributed by atoms with Crippen LogP contribution in [0.4, 0.5) is 0 Å².